The molecule has 1 atom stereocenters. The third kappa shape index (κ3) is 22.3. The zero-order chi connectivity index (χ0) is 23.0. The molecule has 3 heteroatoms. The molecule has 0 spiro atoms. The summed E-state index contributed by atoms with van der Waals surface area (Å²) in [6, 6.07) is 0.315. The molecule has 0 aromatic heterocycles. The molecule has 30 heavy (non-hydrogen) atoms. The number of rotatable bonds is 11. The molecule has 170 valence electrons. The second kappa shape index (κ2) is 23.3. The number of halogens is 1. The number of alkyl halides is 1. The Balaban J connectivity index is 0. The molecule has 1 unspecified atom stereocenters. The highest BCUT2D eigenvalue weighted by Crippen LogP contribution is 2.09. The van der Waals surface area contributed by atoms with Crippen LogP contribution in [0.15, 0.2) is 84.6 Å². The van der Waals surface area contributed by atoms with E-state index in [0.29, 0.717) is 12.5 Å². The van der Waals surface area contributed by atoms with Gasteiger partial charge in [-0.05, 0) is 45.2 Å². The Morgan fingerprint density at radius 2 is 1.73 bits per heavy atom. The van der Waals surface area contributed by atoms with Gasteiger partial charge in [-0.1, -0.05) is 99.8 Å². The fourth-order valence-corrected chi connectivity index (χ4v) is 1.99. The van der Waals surface area contributed by atoms with Gasteiger partial charge in [0, 0.05) is 19.3 Å². The molecule has 0 radical (unpaired) electrons. The van der Waals surface area contributed by atoms with E-state index in [1.807, 2.05) is 26.1 Å². The lowest BCUT2D eigenvalue weighted by molar-refractivity contribution is 0.135. The van der Waals surface area contributed by atoms with Gasteiger partial charge in [-0.25, -0.2) is 0 Å². The van der Waals surface area contributed by atoms with Crippen LogP contribution in [-0.2, 0) is 4.74 Å². The molecule has 0 saturated heterocycles. The maximum atomic E-state index is 10.7. The number of likely N-dealkylation sites (N-methyl/N-ethyl adjacent to an activating group) is 1. The summed E-state index contributed by atoms with van der Waals surface area (Å²) in [5.74, 6) is 0. The molecule has 1 aliphatic rings. The van der Waals surface area contributed by atoms with E-state index in [2.05, 4.69) is 74.9 Å². The standard InChI is InChI=1S/C18H23N.C6H14O.C3H7F/c1-15(2)11-12-16(3)7-5-8-17-9-6-10-18(19-4)14-13-17;1-3-5-7-6-4-2;1-2-3-4/h5-6,8-14,18-19H,1,3,7H2,2,4H3;3-6H2,1-2H3;2-3H2,1H3/b8-5+,12-11-;;. The van der Waals surface area contributed by atoms with E-state index in [-0.39, 0.29) is 6.67 Å². The lowest BCUT2D eigenvalue weighted by Crippen LogP contribution is -2.19. The van der Waals surface area contributed by atoms with E-state index >= 15 is 0 Å². The average Bonchev–Trinajstić information content (AvgIpc) is 2.98. The van der Waals surface area contributed by atoms with Crippen LogP contribution < -0.4 is 5.32 Å². The maximum Gasteiger partial charge on any atom is 0.0891 e. The van der Waals surface area contributed by atoms with Crippen LogP contribution in [-0.4, -0.2) is 33.0 Å². The minimum atomic E-state index is -0.181. The van der Waals surface area contributed by atoms with Crippen LogP contribution in [0.4, 0.5) is 4.39 Å². The van der Waals surface area contributed by atoms with Gasteiger partial charge < -0.3 is 10.1 Å². The fourth-order valence-electron chi connectivity index (χ4n) is 1.99. The Bertz CT molecular complexity index is 576. The highest BCUT2D eigenvalue weighted by molar-refractivity contribution is 5.38. The molecule has 1 N–H and O–H groups in total. The van der Waals surface area contributed by atoms with Crippen molar-refractivity contribution < 1.29 is 9.13 Å². The van der Waals surface area contributed by atoms with Gasteiger partial charge in [-0.3, -0.25) is 4.39 Å². The Hall–Kier alpha value is -1.97. The van der Waals surface area contributed by atoms with Crippen molar-refractivity contribution in [2.45, 2.75) is 59.4 Å². The fraction of sp³-hybridized carbons (Fsp3) is 0.481. The summed E-state index contributed by atoms with van der Waals surface area (Å²) in [5.41, 5.74) is 3.33. The maximum absolute atomic E-state index is 10.7. The van der Waals surface area contributed by atoms with Crippen LogP contribution in [0.25, 0.3) is 0 Å². The molecule has 0 bridgehead atoms. The van der Waals surface area contributed by atoms with Crippen molar-refractivity contribution in [1.82, 2.24) is 5.32 Å². The Kier molecular flexibility index (Phi) is 23.5. The summed E-state index contributed by atoms with van der Waals surface area (Å²) in [6.45, 7) is 17.5. The second-order valence-corrected chi connectivity index (χ2v) is 6.97. The van der Waals surface area contributed by atoms with E-state index in [4.69, 9.17) is 4.74 Å². The summed E-state index contributed by atoms with van der Waals surface area (Å²) in [6.07, 6.45) is 22.6. The number of allylic oxidation sites excluding steroid dienone is 10. The predicted octanol–water partition coefficient (Wildman–Crippen LogP) is 7.45. The first-order chi connectivity index (χ1) is 14.4. The van der Waals surface area contributed by atoms with Crippen LogP contribution >= 0.6 is 0 Å². The Labute approximate surface area is 185 Å². The van der Waals surface area contributed by atoms with E-state index in [0.717, 1.165) is 43.6 Å². The van der Waals surface area contributed by atoms with Gasteiger partial charge in [0.15, 0.2) is 0 Å². The predicted molar refractivity (Wildman–Crippen MR) is 134 cm³/mol. The van der Waals surface area contributed by atoms with Crippen LogP contribution in [0.1, 0.15) is 53.4 Å². The first-order valence-electron chi connectivity index (χ1n) is 11.0. The summed E-state index contributed by atoms with van der Waals surface area (Å²) < 4.78 is 15.9. The lowest BCUT2D eigenvalue weighted by atomic mass is 10.1. The van der Waals surface area contributed by atoms with Crippen molar-refractivity contribution in [3.8, 4) is 0 Å². The highest BCUT2D eigenvalue weighted by atomic mass is 19.1. The summed E-state index contributed by atoms with van der Waals surface area (Å²) >= 11 is 0. The van der Waals surface area contributed by atoms with Crippen molar-refractivity contribution in [1.29, 1.82) is 0 Å². The van der Waals surface area contributed by atoms with E-state index < -0.39 is 0 Å². The quantitative estimate of drug-likeness (QED) is 0.278. The van der Waals surface area contributed by atoms with Crippen LogP contribution in [0.2, 0.25) is 0 Å². The molecule has 1 rings (SSSR count). The first kappa shape index (κ1) is 30.2. The van der Waals surface area contributed by atoms with Crippen molar-refractivity contribution in [2.24, 2.45) is 0 Å². The molecule has 0 aliphatic heterocycles. The van der Waals surface area contributed by atoms with Crippen LogP contribution in [0.3, 0.4) is 0 Å². The first-order valence-corrected chi connectivity index (χ1v) is 11.0. The minimum Gasteiger partial charge on any atom is -0.381 e. The van der Waals surface area contributed by atoms with Gasteiger partial charge in [0.1, 0.15) is 0 Å². The van der Waals surface area contributed by atoms with Gasteiger partial charge in [0.05, 0.1) is 6.67 Å². The second-order valence-electron chi connectivity index (χ2n) is 6.97. The monoisotopic (exact) mass is 417 g/mol. The molecule has 0 fully saturated rings. The smallest absolute Gasteiger partial charge is 0.0891 e. The zero-order valence-electron chi connectivity index (χ0n) is 19.9. The summed E-state index contributed by atoms with van der Waals surface area (Å²) in [7, 11) is 1.96. The molecular weight excluding hydrogens is 373 g/mol. The normalized spacial score (nSPS) is 15.1. The molecule has 0 saturated carbocycles. The summed E-state index contributed by atoms with van der Waals surface area (Å²) in [5, 5.41) is 3.20. The van der Waals surface area contributed by atoms with Crippen LogP contribution in [0.5, 0.6) is 0 Å². The zero-order valence-corrected chi connectivity index (χ0v) is 19.9. The van der Waals surface area contributed by atoms with Gasteiger partial charge in [0.2, 0.25) is 0 Å². The SMILES string of the molecule is C=C(C)/C=C\C(=C)C/C=C/C1=CC=CC(NC)C=C1.CCCF.CCCOCCC. The van der Waals surface area contributed by atoms with Gasteiger partial charge in [0.25, 0.3) is 0 Å². The topological polar surface area (TPSA) is 21.3 Å². The number of ether oxygens (including phenoxy) is 1. The molecule has 1 aliphatic carbocycles. The van der Waals surface area contributed by atoms with Gasteiger partial charge in [-0.2, -0.15) is 0 Å². The average molecular weight is 418 g/mol. The van der Waals surface area contributed by atoms with Crippen molar-refractivity contribution >= 4 is 0 Å². The van der Waals surface area contributed by atoms with Crippen molar-refractivity contribution in [3.05, 3.63) is 84.6 Å². The number of hydrogen-bond acceptors (Lipinski definition) is 2. The van der Waals surface area contributed by atoms with Gasteiger partial charge >= 0.3 is 0 Å². The molecule has 0 aromatic rings. The molecule has 0 aromatic carbocycles. The third-order valence-corrected chi connectivity index (χ3v) is 3.62. The van der Waals surface area contributed by atoms with E-state index in [9.17, 15) is 4.39 Å². The number of hydrogen-bond donors (Lipinski definition) is 1. The van der Waals surface area contributed by atoms with Crippen LogP contribution in [0, 0.1) is 0 Å². The highest BCUT2D eigenvalue weighted by Gasteiger charge is 1.97. The van der Waals surface area contributed by atoms with E-state index in [1.165, 1.54) is 5.57 Å². The minimum absolute atomic E-state index is 0.181. The molecule has 2 nitrogen and oxygen atoms in total. The molecule has 0 amide bonds. The summed E-state index contributed by atoms with van der Waals surface area (Å²) in [4.78, 5) is 0. The lowest BCUT2D eigenvalue weighted by Gasteiger charge is -2.02. The van der Waals surface area contributed by atoms with Crippen molar-refractivity contribution in [3.63, 3.8) is 0 Å². The molecule has 0 heterocycles. The molecular formula is C27H44FNO. The third-order valence-electron chi connectivity index (χ3n) is 3.62. The van der Waals surface area contributed by atoms with Crippen molar-refractivity contribution in [2.75, 3.05) is 26.9 Å². The Morgan fingerprint density at radius 3 is 2.23 bits per heavy atom. The number of nitrogens with one attached hydrogen (secondary N) is 1. The van der Waals surface area contributed by atoms with E-state index in [1.54, 1.807) is 6.92 Å². The Morgan fingerprint density at radius 1 is 1.10 bits per heavy atom. The largest absolute Gasteiger partial charge is 0.381 e. The van der Waals surface area contributed by atoms with Gasteiger partial charge in [-0.15, -0.1) is 0 Å².